The van der Waals surface area contributed by atoms with Gasteiger partial charge >= 0.3 is 0 Å². The van der Waals surface area contributed by atoms with E-state index in [0.29, 0.717) is 0 Å². The van der Waals surface area contributed by atoms with Crippen LogP contribution < -0.4 is 10.2 Å². The van der Waals surface area contributed by atoms with Gasteiger partial charge in [0.15, 0.2) is 0 Å². The van der Waals surface area contributed by atoms with E-state index in [1.54, 1.807) is 0 Å². The third-order valence-electron chi connectivity index (χ3n) is 3.30. The van der Waals surface area contributed by atoms with Crippen molar-refractivity contribution in [3.8, 4) is 0 Å². The molecule has 0 radical (unpaired) electrons. The van der Waals surface area contributed by atoms with Crippen molar-refractivity contribution in [2.75, 3.05) is 18.0 Å². The van der Waals surface area contributed by atoms with Gasteiger partial charge in [-0.3, -0.25) is 0 Å². The fourth-order valence-electron chi connectivity index (χ4n) is 2.22. The first-order valence-electron chi connectivity index (χ1n) is 6.91. The minimum absolute atomic E-state index is 0.814. The normalized spacial score (nSPS) is 14.9. The number of benzene rings is 1. The quantitative estimate of drug-likeness (QED) is 0.777. The van der Waals surface area contributed by atoms with Gasteiger partial charge in [-0.25, -0.2) is 0 Å². The molecule has 17 heavy (non-hydrogen) atoms. The number of nitrogens with zero attached hydrogens (tertiary/aromatic N) is 1. The zero-order chi connectivity index (χ0) is 12.1. The second kappa shape index (κ2) is 6.06. The van der Waals surface area contributed by atoms with Crippen molar-refractivity contribution < 1.29 is 0 Å². The molecule has 0 bridgehead atoms. The molecule has 0 amide bonds. The summed E-state index contributed by atoms with van der Waals surface area (Å²) in [7, 11) is 0. The minimum atomic E-state index is 0.814. The summed E-state index contributed by atoms with van der Waals surface area (Å²) in [4.78, 5) is 2.57. The maximum absolute atomic E-state index is 3.36. The van der Waals surface area contributed by atoms with Gasteiger partial charge in [0.25, 0.3) is 0 Å². The molecule has 0 saturated heterocycles. The lowest BCUT2D eigenvalue weighted by molar-refractivity contribution is 0.725. The van der Waals surface area contributed by atoms with Gasteiger partial charge in [-0.2, -0.15) is 0 Å². The number of nitrogens with one attached hydrogen (secondary N) is 1. The Hall–Kier alpha value is -1.02. The third-order valence-corrected chi connectivity index (χ3v) is 3.30. The SMILES string of the molecule is CCCN(c1ccc(CNCC)cc1)C1CC1. The predicted octanol–water partition coefficient (Wildman–Crippen LogP) is 3.17. The summed E-state index contributed by atoms with van der Waals surface area (Å²) >= 11 is 0. The van der Waals surface area contributed by atoms with Crippen LogP contribution in [-0.2, 0) is 6.54 Å². The average molecular weight is 232 g/mol. The highest BCUT2D eigenvalue weighted by Crippen LogP contribution is 2.31. The molecule has 1 aromatic carbocycles. The maximum Gasteiger partial charge on any atom is 0.0368 e. The van der Waals surface area contributed by atoms with Crippen LogP contribution in [0.4, 0.5) is 5.69 Å². The molecule has 0 heterocycles. The van der Waals surface area contributed by atoms with Crippen LogP contribution in [-0.4, -0.2) is 19.1 Å². The molecule has 1 saturated carbocycles. The predicted molar refractivity (Wildman–Crippen MR) is 74.5 cm³/mol. The Morgan fingerprint density at radius 2 is 1.88 bits per heavy atom. The molecule has 0 unspecified atom stereocenters. The van der Waals surface area contributed by atoms with Crippen molar-refractivity contribution in [3.05, 3.63) is 29.8 Å². The van der Waals surface area contributed by atoms with Crippen molar-refractivity contribution in [3.63, 3.8) is 0 Å². The highest BCUT2D eigenvalue weighted by molar-refractivity contribution is 5.49. The lowest BCUT2D eigenvalue weighted by Crippen LogP contribution is -2.26. The highest BCUT2D eigenvalue weighted by Gasteiger charge is 2.28. The Morgan fingerprint density at radius 1 is 1.18 bits per heavy atom. The van der Waals surface area contributed by atoms with Gasteiger partial charge in [0, 0.05) is 24.8 Å². The van der Waals surface area contributed by atoms with Gasteiger partial charge in [-0.05, 0) is 43.5 Å². The van der Waals surface area contributed by atoms with E-state index in [1.807, 2.05) is 0 Å². The lowest BCUT2D eigenvalue weighted by Gasteiger charge is -2.24. The first-order valence-corrected chi connectivity index (χ1v) is 6.91. The summed E-state index contributed by atoms with van der Waals surface area (Å²) < 4.78 is 0. The molecule has 0 atom stereocenters. The average Bonchev–Trinajstić information content (AvgIpc) is 3.18. The van der Waals surface area contributed by atoms with Crippen LogP contribution in [0.2, 0.25) is 0 Å². The van der Waals surface area contributed by atoms with Crippen LogP contribution in [0.5, 0.6) is 0 Å². The van der Waals surface area contributed by atoms with Crippen molar-refractivity contribution in [2.45, 2.75) is 45.7 Å². The fraction of sp³-hybridized carbons (Fsp3) is 0.600. The van der Waals surface area contributed by atoms with Gasteiger partial charge < -0.3 is 10.2 Å². The Bertz CT molecular complexity index is 327. The van der Waals surface area contributed by atoms with Gasteiger partial charge in [0.1, 0.15) is 0 Å². The maximum atomic E-state index is 3.36. The summed E-state index contributed by atoms with van der Waals surface area (Å²) in [6.07, 6.45) is 3.98. The summed E-state index contributed by atoms with van der Waals surface area (Å²) in [5.74, 6) is 0. The first-order chi connectivity index (χ1) is 8.35. The second-order valence-corrected chi connectivity index (χ2v) is 4.87. The molecule has 2 heteroatoms. The Morgan fingerprint density at radius 3 is 2.41 bits per heavy atom. The molecule has 0 aliphatic heterocycles. The Labute approximate surface area is 105 Å². The number of anilines is 1. The standard InChI is InChI=1S/C15H24N2/c1-3-11-17(15-9-10-15)14-7-5-13(6-8-14)12-16-4-2/h5-8,15-16H,3-4,9-12H2,1-2H3. The number of hydrogen-bond donors (Lipinski definition) is 1. The van der Waals surface area contributed by atoms with E-state index < -0.39 is 0 Å². The second-order valence-electron chi connectivity index (χ2n) is 4.87. The summed E-state index contributed by atoms with van der Waals surface area (Å²) in [6.45, 7) is 7.61. The smallest absolute Gasteiger partial charge is 0.0368 e. The topological polar surface area (TPSA) is 15.3 Å². The summed E-state index contributed by atoms with van der Waals surface area (Å²) in [5.41, 5.74) is 2.78. The van der Waals surface area contributed by atoms with Crippen LogP contribution >= 0.6 is 0 Å². The molecule has 1 aromatic rings. The molecule has 2 nitrogen and oxygen atoms in total. The monoisotopic (exact) mass is 232 g/mol. The minimum Gasteiger partial charge on any atom is -0.369 e. The highest BCUT2D eigenvalue weighted by atomic mass is 15.2. The van der Waals surface area contributed by atoms with Crippen LogP contribution in [0.3, 0.4) is 0 Å². The molecule has 94 valence electrons. The van der Waals surface area contributed by atoms with E-state index in [-0.39, 0.29) is 0 Å². The summed E-state index contributed by atoms with van der Waals surface area (Å²) in [6, 6.07) is 9.88. The van der Waals surface area contributed by atoms with Gasteiger partial charge in [-0.15, -0.1) is 0 Å². The first kappa shape index (κ1) is 12.4. The number of hydrogen-bond acceptors (Lipinski definition) is 2. The Kier molecular flexibility index (Phi) is 4.43. The largest absolute Gasteiger partial charge is 0.369 e. The van der Waals surface area contributed by atoms with Crippen LogP contribution in [0, 0.1) is 0 Å². The zero-order valence-corrected chi connectivity index (χ0v) is 11.1. The van der Waals surface area contributed by atoms with Gasteiger partial charge in [0.2, 0.25) is 0 Å². The Balaban J connectivity index is 1.99. The van der Waals surface area contributed by atoms with Gasteiger partial charge in [-0.1, -0.05) is 26.0 Å². The van der Waals surface area contributed by atoms with Crippen molar-refractivity contribution in [1.82, 2.24) is 5.32 Å². The third kappa shape index (κ3) is 3.47. The van der Waals surface area contributed by atoms with Crippen LogP contribution in [0.15, 0.2) is 24.3 Å². The van der Waals surface area contributed by atoms with E-state index in [9.17, 15) is 0 Å². The molecular formula is C15H24N2. The molecule has 2 rings (SSSR count). The van der Waals surface area contributed by atoms with Crippen molar-refractivity contribution in [1.29, 1.82) is 0 Å². The number of rotatable bonds is 7. The molecule has 0 spiro atoms. The van der Waals surface area contributed by atoms with Crippen LogP contribution in [0.25, 0.3) is 0 Å². The van der Waals surface area contributed by atoms with Crippen molar-refractivity contribution in [2.24, 2.45) is 0 Å². The van der Waals surface area contributed by atoms with Crippen LogP contribution in [0.1, 0.15) is 38.7 Å². The zero-order valence-electron chi connectivity index (χ0n) is 11.1. The molecule has 1 aliphatic rings. The molecule has 1 fully saturated rings. The summed E-state index contributed by atoms with van der Waals surface area (Å²) in [5, 5.41) is 3.36. The van der Waals surface area contributed by atoms with E-state index in [1.165, 1.54) is 37.1 Å². The van der Waals surface area contributed by atoms with E-state index >= 15 is 0 Å². The van der Waals surface area contributed by atoms with Gasteiger partial charge in [0.05, 0.1) is 0 Å². The fourth-order valence-corrected chi connectivity index (χ4v) is 2.22. The van der Waals surface area contributed by atoms with E-state index in [2.05, 4.69) is 48.3 Å². The van der Waals surface area contributed by atoms with E-state index in [0.717, 1.165) is 19.1 Å². The molecular weight excluding hydrogens is 208 g/mol. The van der Waals surface area contributed by atoms with E-state index in [4.69, 9.17) is 0 Å². The molecule has 1 aliphatic carbocycles. The lowest BCUT2D eigenvalue weighted by atomic mass is 10.2. The van der Waals surface area contributed by atoms with Crippen molar-refractivity contribution >= 4 is 5.69 Å². The molecule has 1 N–H and O–H groups in total. The molecule has 0 aromatic heterocycles.